The van der Waals surface area contributed by atoms with Gasteiger partial charge in [-0.05, 0) is 42.8 Å². The zero-order valence-electron chi connectivity index (χ0n) is 20.1. The number of anilines is 1. The highest BCUT2D eigenvalue weighted by molar-refractivity contribution is 6.05. The third-order valence-corrected chi connectivity index (χ3v) is 6.43. The Balaban J connectivity index is 1.15. The Hall–Kier alpha value is -4.92. The third-order valence-electron chi connectivity index (χ3n) is 6.43. The number of carbonyl (C=O) groups excluding carboxylic acids is 1. The molecule has 0 bridgehead atoms. The second-order valence-corrected chi connectivity index (χ2v) is 8.96. The molecule has 0 spiro atoms. The molecule has 2 aromatic carbocycles. The fourth-order valence-electron chi connectivity index (χ4n) is 4.50. The molecule has 184 valence electrons. The lowest BCUT2D eigenvalue weighted by Gasteiger charge is -2.15. The fourth-order valence-corrected chi connectivity index (χ4v) is 4.50. The van der Waals surface area contributed by atoms with Crippen LogP contribution in [0.4, 0.5) is 5.82 Å². The Morgan fingerprint density at radius 1 is 1.08 bits per heavy atom. The number of furan rings is 1. The lowest BCUT2D eigenvalue weighted by atomic mass is 10.0. The van der Waals surface area contributed by atoms with Crippen molar-refractivity contribution in [2.24, 2.45) is 0 Å². The average Bonchev–Trinajstić information content (AvgIpc) is 3.50. The summed E-state index contributed by atoms with van der Waals surface area (Å²) in [6.07, 6.45) is 6.50. The van der Waals surface area contributed by atoms with E-state index in [0.29, 0.717) is 6.54 Å². The number of carbonyl (C=O) groups is 1. The topological polar surface area (TPSA) is 118 Å². The molecule has 0 unspecified atom stereocenters. The quantitative estimate of drug-likeness (QED) is 0.302. The highest BCUT2D eigenvalue weighted by atomic mass is 16.3. The van der Waals surface area contributed by atoms with Gasteiger partial charge in [-0.3, -0.25) is 14.6 Å². The predicted octanol–water partition coefficient (Wildman–Crippen LogP) is 4.51. The second-order valence-electron chi connectivity index (χ2n) is 8.96. The molecule has 1 atom stereocenters. The van der Waals surface area contributed by atoms with Crippen LogP contribution in [0, 0.1) is 0 Å². The molecule has 4 heterocycles. The van der Waals surface area contributed by atoms with Gasteiger partial charge in [-0.25, -0.2) is 4.98 Å². The molecular weight excluding hydrogens is 468 g/mol. The van der Waals surface area contributed by atoms with Gasteiger partial charge in [0, 0.05) is 52.2 Å². The van der Waals surface area contributed by atoms with E-state index in [2.05, 4.69) is 31.7 Å². The number of benzene rings is 2. The minimum Gasteiger partial charge on any atom is -0.456 e. The monoisotopic (exact) mass is 492 g/mol. The first-order valence-electron chi connectivity index (χ1n) is 12.0. The van der Waals surface area contributed by atoms with Gasteiger partial charge in [-0.1, -0.05) is 24.3 Å². The van der Waals surface area contributed by atoms with Gasteiger partial charge in [-0.2, -0.15) is 0 Å². The lowest BCUT2D eigenvalue weighted by Crippen LogP contribution is -2.33. The number of nitrogens with one attached hydrogen (secondary N) is 3. The highest BCUT2D eigenvalue weighted by Gasteiger charge is 2.14. The van der Waals surface area contributed by atoms with Gasteiger partial charge in [0.15, 0.2) is 5.82 Å². The standard InChI is InChI=1S/C28H24N6O3/c1-17(18-6-7-25-22(13-18)21-4-2-3-5-24(21)37-25)32-27-28(36)34(11-10-30-27)16-26(35)31-15-20-12-19-14-29-9-8-23(19)33-20/h2-14,17,33H,15-16H2,1H3,(H,30,32)(H,31,35)/t17-/m0/s1. The summed E-state index contributed by atoms with van der Waals surface area (Å²) in [5, 5.41) is 9.09. The molecule has 0 fully saturated rings. The van der Waals surface area contributed by atoms with E-state index in [-0.39, 0.29) is 29.9 Å². The molecule has 3 N–H and O–H groups in total. The molecule has 0 saturated heterocycles. The summed E-state index contributed by atoms with van der Waals surface area (Å²) < 4.78 is 7.26. The van der Waals surface area contributed by atoms with E-state index >= 15 is 0 Å². The van der Waals surface area contributed by atoms with Crippen LogP contribution >= 0.6 is 0 Å². The zero-order valence-corrected chi connectivity index (χ0v) is 20.1. The number of hydrogen-bond acceptors (Lipinski definition) is 6. The van der Waals surface area contributed by atoms with Gasteiger partial charge in [-0.15, -0.1) is 0 Å². The Bertz CT molecular complexity index is 1780. The number of aromatic nitrogens is 4. The summed E-state index contributed by atoms with van der Waals surface area (Å²) in [5.74, 6) is -0.0931. The number of fused-ring (bicyclic) bond motifs is 4. The second kappa shape index (κ2) is 9.27. The van der Waals surface area contributed by atoms with E-state index in [1.54, 1.807) is 12.4 Å². The maximum atomic E-state index is 13.0. The summed E-state index contributed by atoms with van der Waals surface area (Å²) >= 11 is 0. The van der Waals surface area contributed by atoms with Crippen molar-refractivity contribution in [3.63, 3.8) is 0 Å². The average molecular weight is 493 g/mol. The van der Waals surface area contributed by atoms with Crippen LogP contribution in [-0.4, -0.2) is 25.4 Å². The van der Waals surface area contributed by atoms with E-state index < -0.39 is 0 Å². The van der Waals surface area contributed by atoms with Gasteiger partial charge in [0.25, 0.3) is 5.56 Å². The predicted molar refractivity (Wildman–Crippen MR) is 142 cm³/mol. The first-order valence-corrected chi connectivity index (χ1v) is 12.0. The van der Waals surface area contributed by atoms with Crippen molar-refractivity contribution in [2.45, 2.75) is 26.1 Å². The van der Waals surface area contributed by atoms with Gasteiger partial charge < -0.3 is 24.6 Å². The Morgan fingerprint density at radius 3 is 2.84 bits per heavy atom. The number of hydrogen-bond donors (Lipinski definition) is 3. The summed E-state index contributed by atoms with van der Waals surface area (Å²) in [7, 11) is 0. The van der Waals surface area contributed by atoms with Crippen LogP contribution in [-0.2, 0) is 17.9 Å². The van der Waals surface area contributed by atoms with Crippen molar-refractivity contribution in [3.8, 4) is 0 Å². The number of H-pyrrole nitrogens is 1. The molecule has 9 nitrogen and oxygen atoms in total. The number of nitrogens with zero attached hydrogens (tertiary/aromatic N) is 3. The van der Waals surface area contributed by atoms with Crippen LogP contribution < -0.4 is 16.2 Å². The molecule has 37 heavy (non-hydrogen) atoms. The molecule has 6 aromatic rings. The molecule has 0 saturated carbocycles. The first kappa shape index (κ1) is 22.5. The summed E-state index contributed by atoms with van der Waals surface area (Å²) in [6, 6.07) is 17.5. The van der Waals surface area contributed by atoms with E-state index in [1.165, 1.54) is 17.0 Å². The van der Waals surface area contributed by atoms with Gasteiger partial charge in [0.1, 0.15) is 17.7 Å². The SMILES string of the molecule is C[C@H](Nc1nccn(CC(=O)NCc2cc3cnccc3[nH]2)c1=O)c1ccc2oc3ccccc3c2c1. The third kappa shape index (κ3) is 4.42. The normalized spacial score (nSPS) is 12.2. The van der Waals surface area contributed by atoms with E-state index in [0.717, 1.165) is 44.1 Å². The van der Waals surface area contributed by atoms with E-state index in [1.807, 2.05) is 55.5 Å². The van der Waals surface area contributed by atoms with E-state index in [4.69, 9.17) is 4.42 Å². The fraction of sp³-hybridized carbons (Fsp3) is 0.143. The Kier molecular flexibility index (Phi) is 5.65. The molecule has 0 aliphatic carbocycles. The summed E-state index contributed by atoms with van der Waals surface area (Å²) in [4.78, 5) is 37.2. The van der Waals surface area contributed by atoms with Crippen molar-refractivity contribution in [1.82, 2.24) is 24.8 Å². The first-order chi connectivity index (χ1) is 18.0. The number of rotatable bonds is 7. The van der Waals surface area contributed by atoms with Crippen molar-refractivity contribution < 1.29 is 9.21 Å². The van der Waals surface area contributed by atoms with Gasteiger partial charge in [0.05, 0.1) is 12.6 Å². The minimum absolute atomic E-state index is 0.112. The number of amides is 1. The molecule has 1 amide bonds. The molecule has 0 radical (unpaired) electrons. The van der Waals surface area contributed by atoms with Gasteiger partial charge in [0.2, 0.25) is 5.91 Å². The van der Waals surface area contributed by atoms with Crippen LogP contribution in [0.2, 0.25) is 0 Å². The molecule has 0 aliphatic rings. The maximum Gasteiger partial charge on any atom is 0.293 e. The Labute approximate surface area is 211 Å². The maximum absolute atomic E-state index is 13.0. The molecule has 9 heteroatoms. The van der Waals surface area contributed by atoms with Gasteiger partial charge >= 0.3 is 0 Å². The molecule has 4 aromatic heterocycles. The molecule has 0 aliphatic heterocycles. The van der Waals surface area contributed by atoms with Crippen LogP contribution in [0.3, 0.4) is 0 Å². The smallest absolute Gasteiger partial charge is 0.293 e. The largest absolute Gasteiger partial charge is 0.456 e. The van der Waals surface area contributed by atoms with Crippen molar-refractivity contribution in [1.29, 1.82) is 0 Å². The van der Waals surface area contributed by atoms with E-state index in [9.17, 15) is 9.59 Å². The number of aromatic amines is 1. The van der Waals surface area contributed by atoms with Crippen molar-refractivity contribution in [2.75, 3.05) is 5.32 Å². The summed E-state index contributed by atoms with van der Waals surface area (Å²) in [5.41, 5.74) is 4.08. The molecular formula is C28H24N6O3. The minimum atomic E-state index is -0.365. The van der Waals surface area contributed by atoms with Crippen molar-refractivity contribution in [3.05, 3.63) is 101 Å². The van der Waals surface area contributed by atoms with Crippen LogP contribution in [0.1, 0.15) is 24.2 Å². The Morgan fingerprint density at radius 2 is 1.95 bits per heavy atom. The van der Waals surface area contributed by atoms with Crippen LogP contribution in [0.25, 0.3) is 32.8 Å². The number of pyridine rings is 1. The lowest BCUT2D eigenvalue weighted by molar-refractivity contribution is -0.121. The van der Waals surface area contributed by atoms with Crippen molar-refractivity contribution >= 4 is 44.6 Å². The van der Waals surface area contributed by atoms with Crippen LogP contribution in [0.15, 0.2) is 88.6 Å². The zero-order chi connectivity index (χ0) is 25.4. The number of para-hydroxylation sites is 1. The highest BCUT2D eigenvalue weighted by Crippen LogP contribution is 2.31. The molecule has 6 rings (SSSR count). The summed E-state index contributed by atoms with van der Waals surface area (Å²) in [6.45, 7) is 2.17. The van der Waals surface area contributed by atoms with Crippen LogP contribution in [0.5, 0.6) is 0 Å².